The molecule has 3 rings (SSSR count). The molecular formula is C19H20Cl2N3O3+. The van der Waals surface area contributed by atoms with Crippen LogP contribution in [0.5, 0.6) is 0 Å². The summed E-state index contributed by atoms with van der Waals surface area (Å²) in [6, 6.07) is 11.5. The Bertz CT molecular complexity index is 821. The molecule has 1 heterocycles. The van der Waals surface area contributed by atoms with E-state index in [9.17, 15) is 9.59 Å². The number of benzene rings is 2. The van der Waals surface area contributed by atoms with Crippen LogP contribution in [0.25, 0.3) is 0 Å². The van der Waals surface area contributed by atoms with Crippen LogP contribution < -0.4 is 15.5 Å². The molecule has 0 aromatic heterocycles. The molecule has 0 bridgehead atoms. The molecule has 0 aliphatic carbocycles. The number of quaternary nitrogens is 1. The second-order valence-corrected chi connectivity index (χ2v) is 7.09. The van der Waals surface area contributed by atoms with Crippen molar-refractivity contribution >= 4 is 46.4 Å². The number of carbonyl (C=O) groups excluding carboxylic acids is 2. The molecule has 6 nitrogen and oxygen atoms in total. The van der Waals surface area contributed by atoms with Gasteiger partial charge < -0.3 is 20.3 Å². The molecule has 1 aliphatic rings. The molecule has 1 aliphatic heterocycles. The molecule has 27 heavy (non-hydrogen) atoms. The molecule has 8 heteroatoms. The Morgan fingerprint density at radius 2 is 1.70 bits per heavy atom. The zero-order valence-corrected chi connectivity index (χ0v) is 16.1. The van der Waals surface area contributed by atoms with Gasteiger partial charge in [-0.15, -0.1) is 0 Å². The highest BCUT2D eigenvalue weighted by atomic mass is 35.5. The number of hydrogen-bond acceptors (Lipinski definition) is 3. The summed E-state index contributed by atoms with van der Waals surface area (Å²) >= 11 is 12.0. The van der Waals surface area contributed by atoms with Gasteiger partial charge in [0.15, 0.2) is 6.54 Å². The first kappa shape index (κ1) is 19.6. The van der Waals surface area contributed by atoms with E-state index >= 15 is 0 Å². The maximum Gasteiger partial charge on any atom is 0.279 e. The van der Waals surface area contributed by atoms with Gasteiger partial charge in [0, 0.05) is 16.3 Å². The van der Waals surface area contributed by atoms with Gasteiger partial charge in [0.2, 0.25) is 0 Å². The summed E-state index contributed by atoms with van der Waals surface area (Å²) in [4.78, 5) is 25.8. The Morgan fingerprint density at radius 3 is 2.41 bits per heavy atom. The summed E-state index contributed by atoms with van der Waals surface area (Å²) in [7, 11) is 0. The van der Waals surface area contributed by atoms with Crippen LogP contribution in [0.15, 0.2) is 42.5 Å². The number of halogens is 2. The lowest BCUT2D eigenvalue weighted by Crippen LogP contribution is -3.15. The summed E-state index contributed by atoms with van der Waals surface area (Å²) in [6.45, 7) is 3.35. The third-order valence-corrected chi connectivity index (χ3v) is 4.80. The summed E-state index contributed by atoms with van der Waals surface area (Å²) in [5, 5.41) is 6.54. The largest absolute Gasteiger partial charge is 0.370 e. The number of rotatable bonds is 5. The first-order chi connectivity index (χ1) is 13.0. The summed E-state index contributed by atoms with van der Waals surface area (Å²) < 4.78 is 5.29. The van der Waals surface area contributed by atoms with E-state index in [4.69, 9.17) is 27.9 Å². The summed E-state index contributed by atoms with van der Waals surface area (Å²) in [6.07, 6.45) is 0. The number of anilines is 2. The van der Waals surface area contributed by atoms with Crippen LogP contribution in [-0.4, -0.2) is 44.7 Å². The molecule has 3 N–H and O–H groups in total. The highest BCUT2D eigenvalue weighted by molar-refractivity contribution is 6.34. The number of hydrogen-bond donors (Lipinski definition) is 3. The van der Waals surface area contributed by atoms with E-state index in [1.165, 1.54) is 4.90 Å². The predicted molar refractivity (Wildman–Crippen MR) is 106 cm³/mol. The number of carbonyl (C=O) groups is 2. The van der Waals surface area contributed by atoms with Crippen LogP contribution in [0.4, 0.5) is 11.4 Å². The average Bonchev–Trinajstić information content (AvgIpc) is 2.65. The minimum atomic E-state index is -0.310. The predicted octanol–water partition coefficient (Wildman–Crippen LogP) is 2.10. The Kier molecular flexibility index (Phi) is 6.68. The molecule has 1 saturated heterocycles. The normalized spacial score (nSPS) is 14.6. The highest BCUT2D eigenvalue weighted by Crippen LogP contribution is 2.26. The van der Waals surface area contributed by atoms with Crippen LogP contribution in [0.3, 0.4) is 0 Å². The maximum atomic E-state index is 12.4. The molecule has 0 spiro atoms. The van der Waals surface area contributed by atoms with Gasteiger partial charge in [-0.1, -0.05) is 23.2 Å². The fraction of sp³-hybridized carbons (Fsp3) is 0.263. The van der Waals surface area contributed by atoms with Gasteiger partial charge in [0.1, 0.15) is 13.1 Å². The number of nitrogens with one attached hydrogen (secondary N) is 3. The molecule has 1 fully saturated rings. The van der Waals surface area contributed by atoms with Crippen LogP contribution in [-0.2, 0) is 9.53 Å². The second-order valence-electron chi connectivity index (χ2n) is 6.24. The zero-order chi connectivity index (χ0) is 19.2. The first-order valence-corrected chi connectivity index (χ1v) is 9.34. The van der Waals surface area contributed by atoms with E-state index in [0.717, 1.165) is 13.1 Å². The molecule has 0 unspecified atom stereocenters. The van der Waals surface area contributed by atoms with Gasteiger partial charge >= 0.3 is 0 Å². The average molecular weight is 409 g/mol. The molecule has 2 amide bonds. The molecule has 2 aromatic rings. The van der Waals surface area contributed by atoms with E-state index < -0.39 is 0 Å². The summed E-state index contributed by atoms with van der Waals surface area (Å²) in [5.74, 6) is -0.404. The van der Waals surface area contributed by atoms with E-state index in [1.807, 2.05) is 0 Å². The Balaban J connectivity index is 1.63. The van der Waals surface area contributed by atoms with Crippen molar-refractivity contribution in [2.24, 2.45) is 0 Å². The minimum Gasteiger partial charge on any atom is -0.370 e. The molecule has 0 saturated carbocycles. The van der Waals surface area contributed by atoms with Crippen LogP contribution in [0.1, 0.15) is 10.4 Å². The van der Waals surface area contributed by atoms with Crippen LogP contribution in [0.2, 0.25) is 10.0 Å². The second kappa shape index (κ2) is 9.19. The van der Waals surface area contributed by atoms with Gasteiger partial charge in [-0.05, 0) is 42.5 Å². The van der Waals surface area contributed by atoms with E-state index in [1.54, 1.807) is 42.5 Å². The topological polar surface area (TPSA) is 71.9 Å². The smallest absolute Gasteiger partial charge is 0.279 e. The Labute approximate surface area is 167 Å². The van der Waals surface area contributed by atoms with Crippen molar-refractivity contribution in [3.63, 3.8) is 0 Å². The van der Waals surface area contributed by atoms with E-state index in [0.29, 0.717) is 46.7 Å². The van der Waals surface area contributed by atoms with Crippen molar-refractivity contribution in [3.05, 3.63) is 58.1 Å². The van der Waals surface area contributed by atoms with Gasteiger partial charge in [0.25, 0.3) is 11.8 Å². The van der Waals surface area contributed by atoms with Crippen molar-refractivity contribution in [1.82, 2.24) is 0 Å². The van der Waals surface area contributed by atoms with Crippen molar-refractivity contribution in [2.45, 2.75) is 0 Å². The van der Waals surface area contributed by atoms with Crippen molar-refractivity contribution in [1.29, 1.82) is 0 Å². The summed E-state index contributed by atoms with van der Waals surface area (Å²) in [5.41, 5.74) is 1.46. The third-order valence-electron chi connectivity index (χ3n) is 4.22. The molecule has 0 atom stereocenters. The van der Waals surface area contributed by atoms with E-state index in [2.05, 4.69) is 10.6 Å². The number of morpholine rings is 1. The molecule has 142 valence electrons. The highest BCUT2D eigenvalue weighted by Gasteiger charge is 2.18. The maximum absolute atomic E-state index is 12.4. The van der Waals surface area contributed by atoms with Crippen molar-refractivity contribution < 1.29 is 19.2 Å². The number of amides is 2. The lowest BCUT2D eigenvalue weighted by molar-refractivity contribution is -0.899. The van der Waals surface area contributed by atoms with Crippen molar-refractivity contribution in [3.8, 4) is 0 Å². The van der Waals surface area contributed by atoms with Crippen LogP contribution >= 0.6 is 23.2 Å². The Morgan fingerprint density at radius 1 is 1.00 bits per heavy atom. The van der Waals surface area contributed by atoms with Gasteiger partial charge in [-0.3, -0.25) is 9.59 Å². The van der Waals surface area contributed by atoms with Gasteiger partial charge in [0.05, 0.1) is 23.9 Å². The molecule has 0 radical (unpaired) electrons. The lowest BCUT2D eigenvalue weighted by Gasteiger charge is -2.23. The standard InChI is InChI=1S/C19H19Cl2N3O3/c20-14-3-1-13(2-4-14)19(26)23-17-11-15(5-6-16(17)21)22-18(25)12-24-7-9-27-10-8-24/h1-6,11H,7-10,12H2,(H,22,25)(H,23,26)/p+1. The lowest BCUT2D eigenvalue weighted by atomic mass is 10.2. The zero-order valence-electron chi connectivity index (χ0n) is 14.6. The van der Waals surface area contributed by atoms with E-state index in [-0.39, 0.29) is 11.8 Å². The molecule has 2 aromatic carbocycles. The Hall–Kier alpha value is -2.12. The third kappa shape index (κ3) is 5.68. The van der Waals surface area contributed by atoms with Crippen LogP contribution in [0, 0.1) is 0 Å². The SMILES string of the molecule is O=C(C[NH+]1CCOCC1)Nc1ccc(Cl)c(NC(=O)c2ccc(Cl)cc2)c1. The quantitative estimate of drug-likeness (QED) is 0.709. The van der Waals surface area contributed by atoms with Gasteiger partial charge in [-0.25, -0.2) is 0 Å². The minimum absolute atomic E-state index is 0.0933. The molecular weight excluding hydrogens is 389 g/mol. The monoisotopic (exact) mass is 408 g/mol. The van der Waals surface area contributed by atoms with Gasteiger partial charge in [-0.2, -0.15) is 0 Å². The number of ether oxygens (including phenoxy) is 1. The fourth-order valence-corrected chi connectivity index (χ4v) is 3.05. The fourth-order valence-electron chi connectivity index (χ4n) is 2.76. The first-order valence-electron chi connectivity index (χ1n) is 8.59. The van der Waals surface area contributed by atoms with Crippen molar-refractivity contribution in [2.75, 3.05) is 43.5 Å².